The second-order valence-electron chi connectivity index (χ2n) is 6.30. The van der Waals surface area contributed by atoms with E-state index in [1.54, 1.807) is 42.5 Å². The Balaban J connectivity index is 1.96. The van der Waals surface area contributed by atoms with Gasteiger partial charge < -0.3 is 24.4 Å². The molecule has 0 fully saturated rings. The second-order valence-corrected chi connectivity index (χ2v) is 6.30. The van der Waals surface area contributed by atoms with Gasteiger partial charge >= 0.3 is 5.97 Å². The zero-order valence-corrected chi connectivity index (χ0v) is 17.4. The maximum absolute atomic E-state index is 12.5. The van der Waals surface area contributed by atoms with E-state index in [-0.39, 0.29) is 11.9 Å². The number of nitrogens with zero attached hydrogens (tertiary/aromatic N) is 1. The van der Waals surface area contributed by atoms with Crippen molar-refractivity contribution in [1.29, 1.82) is 0 Å². The Morgan fingerprint density at radius 2 is 1.48 bits per heavy atom. The maximum Gasteiger partial charge on any atom is 0.338 e. The fraction of sp³-hybridized carbons (Fsp3) is 0.364. The summed E-state index contributed by atoms with van der Waals surface area (Å²) in [6, 6.07) is 11.5. The highest BCUT2D eigenvalue weighted by molar-refractivity contribution is 6.05. The van der Waals surface area contributed by atoms with E-state index in [0.29, 0.717) is 41.5 Å². The standard InChI is InChI=1S/C22H28N2O5/c1-5-24(6-2)11-12-29-22(26)16-7-9-18(10-8-16)23-21(25)17-13-19(27-3)15-20(14-17)28-4/h7-10,13-15H,5-6,11-12H2,1-4H3,(H,23,25). The van der Waals surface area contributed by atoms with E-state index >= 15 is 0 Å². The summed E-state index contributed by atoms with van der Waals surface area (Å²) in [6.45, 7) is 7.02. The maximum atomic E-state index is 12.5. The third-order valence-electron chi connectivity index (χ3n) is 4.53. The quantitative estimate of drug-likeness (QED) is 0.616. The first-order valence-corrected chi connectivity index (χ1v) is 9.54. The van der Waals surface area contributed by atoms with E-state index in [1.165, 1.54) is 14.2 Å². The molecule has 0 radical (unpaired) electrons. The minimum absolute atomic E-state index is 0.309. The molecule has 0 saturated carbocycles. The summed E-state index contributed by atoms with van der Waals surface area (Å²) in [7, 11) is 3.05. The number of hydrogen-bond acceptors (Lipinski definition) is 6. The highest BCUT2D eigenvalue weighted by atomic mass is 16.5. The van der Waals surface area contributed by atoms with Crippen LogP contribution in [0.25, 0.3) is 0 Å². The summed E-state index contributed by atoms with van der Waals surface area (Å²) in [5.41, 5.74) is 1.41. The van der Waals surface area contributed by atoms with Gasteiger partial charge in [0.1, 0.15) is 18.1 Å². The van der Waals surface area contributed by atoms with Gasteiger partial charge in [0.05, 0.1) is 19.8 Å². The zero-order valence-electron chi connectivity index (χ0n) is 17.4. The van der Waals surface area contributed by atoms with Gasteiger partial charge in [0.25, 0.3) is 5.91 Å². The van der Waals surface area contributed by atoms with Gasteiger partial charge in [-0.2, -0.15) is 0 Å². The average molecular weight is 400 g/mol. The van der Waals surface area contributed by atoms with Crippen molar-refractivity contribution in [1.82, 2.24) is 4.90 Å². The molecule has 0 saturated heterocycles. The molecule has 0 heterocycles. The number of carbonyl (C=O) groups is 2. The molecule has 2 aromatic carbocycles. The predicted octanol–water partition coefficient (Wildman–Crippen LogP) is 3.45. The molecule has 0 spiro atoms. The summed E-state index contributed by atoms with van der Waals surface area (Å²) in [5, 5.41) is 2.79. The first-order valence-electron chi connectivity index (χ1n) is 9.54. The molecule has 7 heteroatoms. The average Bonchev–Trinajstić information content (AvgIpc) is 2.76. The van der Waals surface area contributed by atoms with Gasteiger partial charge in [-0.3, -0.25) is 4.79 Å². The topological polar surface area (TPSA) is 77.1 Å². The molecule has 0 atom stereocenters. The number of likely N-dealkylation sites (N-methyl/N-ethyl adjacent to an activating group) is 1. The highest BCUT2D eigenvalue weighted by Gasteiger charge is 2.12. The molecule has 1 N–H and O–H groups in total. The summed E-state index contributed by atoms with van der Waals surface area (Å²) < 4.78 is 15.7. The lowest BCUT2D eigenvalue weighted by atomic mass is 10.1. The van der Waals surface area contributed by atoms with Crippen LogP contribution >= 0.6 is 0 Å². The molecule has 0 aliphatic rings. The fourth-order valence-corrected chi connectivity index (χ4v) is 2.72. The zero-order chi connectivity index (χ0) is 21.2. The van der Waals surface area contributed by atoms with E-state index in [1.807, 2.05) is 0 Å². The Morgan fingerprint density at radius 1 is 0.897 bits per heavy atom. The van der Waals surface area contributed by atoms with Crippen molar-refractivity contribution in [2.45, 2.75) is 13.8 Å². The van der Waals surface area contributed by atoms with Gasteiger partial charge in [-0.15, -0.1) is 0 Å². The smallest absolute Gasteiger partial charge is 0.338 e. The fourth-order valence-electron chi connectivity index (χ4n) is 2.72. The predicted molar refractivity (Wildman–Crippen MR) is 112 cm³/mol. The largest absolute Gasteiger partial charge is 0.497 e. The lowest BCUT2D eigenvalue weighted by molar-refractivity contribution is 0.0466. The Morgan fingerprint density at radius 3 is 2.00 bits per heavy atom. The monoisotopic (exact) mass is 400 g/mol. The molecule has 0 bridgehead atoms. The van der Waals surface area contributed by atoms with E-state index in [4.69, 9.17) is 14.2 Å². The highest BCUT2D eigenvalue weighted by Crippen LogP contribution is 2.23. The number of ether oxygens (including phenoxy) is 3. The van der Waals surface area contributed by atoms with Gasteiger partial charge in [-0.05, 0) is 49.5 Å². The Kier molecular flexibility index (Phi) is 8.48. The molecule has 0 unspecified atom stereocenters. The van der Waals surface area contributed by atoms with Crippen LogP contribution in [0.1, 0.15) is 34.6 Å². The van der Waals surface area contributed by atoms with Crippen molar-refractivity contribution in [3.8, 4) is 11.5 Å². The number of rotatable bonds is 10. The normalized spacial score (nSPS) is 10.5. The molecule has 29 heavy (non-hydrogen) atoms. The first kappa shape index (κ1) is 22.2. The van der Waals surface area contributed by atoms with Crippen LogP contribution in [-0.4, -0.2) is 57.2 Å². The van der Waals surface area contributed by atoms with E-state index in [9.17, 15) is 9.59 Å². The van der Waals surface area contributed by atoms with Gasteiger partial charge in [0, 0.05) is 23.9 Å². The number of methoxy groups -OCH3 is 2. The summed E-state index contributed by atoms with van der Waals surface area (Å²) in [5.74, 6) is 0.360. The van der Waals surface area contributed by atoms with Crippen LogP contribution < -0.4 is 14.8 Å². The SMILES string of the molecule is CCN(CC)CCOC(=O)c1ccc(NC(=O)c2cc(OC)cc(OC)c2)cc1. The van der Waals surface area contributed by atoms with Gasteiger partial charge in [-0.25, -0.2) is 4.79 Å². The van der Waals surface area contributed by atoms with E-state index in [0.717, 1.165) is 13.1 Å². The molecule has 0 aliphatic heterocycles. The van der Waals surface area contributed by atoms with Crippen molar-refractivity contribution in [2.75, 3.05) is 45.8 Å². The molecule has 2 rings (SSSR count). The second kappa shape index (κ2) is 11.1. The van der Waals surface area contributed by atoms with Crippen molar-refractivity contribution >= 4 is 17.6 Å². The van der Waals surface area contributed by atoms with Crippen LogP contribution in [-0.2, 0) is 4.74 Å². The van der Waals surface area contributed by atoms with Crippen LogP contribution in [0.2, 0.25) is 0 Å². The third kappa shape index (κ3) is 6.50. The number of benzene rings is 2. The lowest BCUT2D eigenvalue weighted by Gasteiger charge is -2.17. The molecule has 2 aromatic rings. The van der Waals surface area contributed by atoms with Crippen LogP contribution in [0.3, 0.4) is 0 Å². The Labute approximate surface area is 171 Å². The van der Waals surface area contributed by atoms with E-state index in [2.05, 4.69) is 24.1 Å². The molecule has 1 amide bonds. The number of esters is 1. The molecular weight excluding hydrogens is 372 g/mol. The van der Waals surface area contributed by atoms with Gasteiger partial charge in [0.2, 0.25) is 0 Å². The number of anilines is 1. The Hall–Kier alpha value is -3.06. The molecule has 7 nitrogen and oxygen atoms in total. The summed E-state index contributed by atoms with van der Waals surface area (Å²) in [4.78, 5) is 26.8. The lowest BCUT2D eigenvalue weighted by Crippen LogP contribution is -2.27. The third-order valence-corrected chi connectivity index (χ3v) is 4.53. The minimum atomic E-state index is -0.382. The number of nitrogens with one attached hydrogen (secondary N) is 1. The van der Waals surface area contributed by atoms with Gasteiger partial charge in [-0.1, -0.05) is 13.8 Å². The molecule has 156 valence electrons. The molecule has 0 aromatic heterocycles. The van der Waals surface area contributed by atoms with Crippen molar-refractivity contribution in [3.05, 3.63) is 53.6 Å². The summed E-state index contributed by atoms with van der Waals surface area (Å²) >= 11 is 0. The minimum Gasteiger partial charge on any atom is -0.497 e. The Bertz CT molecular complexity index is 794. The van der Waals surface area contributed by atoms with Crippen LogP contribution in [0.4, 0.5) is 5.69 Å². The number of carbonyl (C=O) groups excluding carboxylic acids is 2. The van der Waals surface area contributed by atoms with E-state index < -0.39 is 0 Å². The van der Waals surface area contributed by atoms with Crippen LogP contribution in [0.5, 0.6) is 11.5 Å². The van der Waals surface area contributed by atoms with Crippen LogP contribution in [0.15, 0.2) is 42.5 Å². The van der Waals surface area contributed by atoms with Crippen LogP contribution in [0, 0.1) is 0 Å². The molecular formula is C22H28N2O5. The first-order chi connectivity index (χ1) is 14.0. The van der Waals surface area contributed by atoms with Crippen molar-refractivity contribution in [3.63, 3.8) is 0 Å². The van der Waals surface area contributed by atoms with Crippen molar-refractivity contribution < 1.29 is 23.8 Å². The number of amides is 1. The van der Waals surface area contributed by atoms with Gasteiger partial charge in [0.15, 0.2) is 0 Å². The molecule has 0 aliphatic carbocycles. The summed E-state index contributed by atoms with van der Waals surface area (Å²) in [6.07, 6.45) is 0. The van der Waals surface area contributed by atoms with Crippen molar-refractivity contribution in [2.24, 2.45) is 0 Å². The number of hydrogen-bond donors (Lipinski definition) is 1.